The Hall–Kier alpha value is -2.21. The van der Waals surface area contributed by atoms with Crippen LogP contribution in [0.4, 0.5) is 14.6 Å². The Morgan fingerprint density at radius 2 is 1.83 bits per heavy atom. The van der Waals surface area contributed by atoms with Gasteiger partial charge in [-0.2, -0.15) is 0 Å². The van der Waals surface area contributed by atoms with Crippen LogP contribution >= 0.6 is 11.6 Å². The molecule has 0 N–H and O–H groups in total. The van der Waals surface area contributed by atoms with Crippen LogP contribution in [0.2, 0.25) is 5.02 Å². The molecule has 120 valence electrons. The molecule has 0 bridgehead atoms. The van der Waals surface area contributed by atoms with Crippen molar-refractivity contribution in [1.29, 1.82) is 0 Å². The van der Waals surface area contributed by atoms with Crippen LogP contribution in [0.15, 0.2) is 36.5 Å². The third kappa shape index (κ3) is 3.27. The van der Waals surface area contributed by atoms with Crippen molar-refractivity contribution in [3.63, 3.8) is 0 Å². The molecule has 1 aliphatic heterocycles. The van der Waals surface area contributed by atoms with Crippen LogP contribution in [-0.2, 0) is 0 Å². The molecule has 1 saturated heterocycles. The van der Waals surface area contributed by atoms with Gasteiger partial charge in [0.05, 0.1) is 16.8 Å². The molecule has 0 saturated carbocycles. The predicted octanol–water partition coefficient (Wildman–Crippen LogP) is 2.98. The number of halogens is 3. The number of hydrogen-bond donors (Lipinski definition) is 0. The highest BCUT2D eigenvalue weighted by Gasteiger charge is 2.25. The number of pyridine rings is 1. The van der Waals surface area contributed by atoms with E-state index >= 15 is 0 Å². The summed E-state index contributed by atoms with van der Waals surface area (Å²) in [5.41, 5.74) is -0.0224. The van der Waals surface area contributed by atoms with E-state index in [1.54, 1.807) is 17.0 Å². The number of carbonyl (C=O) groups is 1. The Labute approximate surface area is 137 Å². The molecule has 1 amide bonds. The van der Waals surface area contributed by atoms with E-state index in [1.165, 1.54) is 18.2 Å². The molecule has 1 aromatic heterocycles. The van der Waals surface area contributed by atoms with Gasteiger partial charge >= 0.3 is 0 Å². The molecule has 1 aromatic carbocycles. The van der Waals surface area contributed by atoms with Crippen molar-refractivity contribution in [2.45, 2.75) is 0 Å². The summed E-state index contributed by atoms with van der Waals surface area (Å²) >= 11 is 5.72. The van der Waals surface area contributed by atoms with E-state index in [9.17, 15) is 13.6 Å². The molecule has 0 atom stereocenters. The van der Waals surface area contributed by atoms with Crippen LogP contribution in [0.25, 0.3) is 0 Å². The van der Waals surface area contributed by atoms with Crippen LogP contribution < -0.4 is 4.90 Å². The van der Waals surface area contributed by atoms with Gasteiger partial charge in [-0.25, -0.2) is 13.8 Å². The van der Waals surface area contributed by atoms with Crippen molar-refractivity contribution in [2.75, 3.05) is 31.1 Å². The van der Waals surface area contributed by atoms with Crippen molar-refractivity contribution in [3.8, 4) is 0 Å². The fraction of sp³-hybridized carbons (Fsp3) is 0.250. The van der Waals surface area contributed by atoms with Crippen LogP contribution in [-0.4, -0.2) is 42.0 Å². The summed E-state index contributed by atoms with van der Waals surface area (Å²) in [4.78, 5) is 20.0. The van der Waals surface area contributed by atoms with Gasteiger partial charge in [0, 0.05) is 26.2 Å². The number of hydrogen-bond acceptors (Lipinski definition) is 3. The molecule has 4 nitrogen and oxygen atoms in total. The number of anilines is 1. The lowest BCUT2D eigenvalue weighted by Gasteiger charge is -2.35. The SMILES string of the molecule is O=C(c1cccc(Cl)c1F)N1CCN(c2ccc(F)cn2)CC1. The van der Waals surface area contributed by atoms with Crippen LogP contribution in [0.5, 0.6) is 0 Å². The average Bonchev–Trinajstić information content (AvgIpc) is 2.58. The van der Waals surface area contributed by atoms with Crippen molar-refractivity contribution in [1.82, 2.24) is 9.88 Å². The van der Waals surface area contributed by atoms with E-state index in [-0.39, 0.29) is 22.3 Å². The minimum atomic E-state index is -0.693. The maximum Gasteiger partial charge on any atom is 0.257 e. The first-order chi connectivity index (χ1) is 11.1. The monoisotopic (exact) mass is 337 g/mol. The highest BCUT2D eigenvalue weighted by Crippen LogP contribution is 2.21. The standard InChI is InChI=1S/C16H14ClF2N3O/c17-13-3-1-2-12(15(13)19)16(23)22-8-6-21(7-9-22)14-5-4-11(18)10-20-14/h1-5,10H,6-9H2. The summed E-state index contributed by atoms with van der Waals surface area (Å²) in [7, 11) is 0. The third-order valence-corrected chi connectivity index (χ3v) is 4.08. The van der Waals surface area contributed by atoms with E-state index in [2.05, 4.69) is 4.98 Å². The quantitative estimate of drug-likeness (QED) is 0.845. The number of aromatic nitrogens is 1. The largest absolute Gasteiger partial charge is 0.353 e. The number of nitrogens with zero attached hydrogens (tertiary/aromatic N) is 3. The first-order valence-corrected chi connectivity index (χ1v) is 7.54. The van der Waals surface area contributed by atoms with E-state index in [0.29, 0.717) is 32.0 Å². The second-order valence-corrected chi connectivity index (χ2v) is 5.62. The molecule has 1 aliphatic rings. The van der Waals surface area contributed by atoms with Gasteiger partial charge in [-0.05, 0) is 24.3 Å². The Bertz CT molecular complexity index is 716. The number of piperazine rings is 1. The second kappa shape index (κ2) is 6.50. The summed E-state index contributed by atoms with van der Waals surface area (Å²) in [6.07, 6.45) is 1.16. The van der Waals surface area contributed by atoms with Crippen LogP contribution in [0.1, 0.15) is 10.4 Å². The van der Waals surface area contributed by atoms with E-state index in [0.717, 1.165) is 6.20 Å². The first-order valence-electron chi connectivity index (χ1n) is 7.16. The van der Waals surface area contributed by atoms with Gasteiger partial charge in [-0.1, -0.05) is 17.7 Å². The smallest absolute Gasteiger partial charge is 0.257 e. The second-order valence-electron chi connectivity index (χ2n) is 5.22. The highest BCUT2D eigenvalue weighted by atomic mass is 35.5. The molecule has 2 aromatic rings. The highest BCUT2D eigenvalue weighted by molar-refractivity contribution is 6.31. The third-order valence-electron chi connectivity index (χ3n) is 3.78. The Balaban J connectivity index is 1.68. The van der Waals surface area contributed by atoms with Gasteiger partial charge < -0.3 is 9.80 Å². The van der Waals surface area contributed by atoms with E-state index < -0.39 is 5.82 Å². The molecule has 3 rings (SSSR count). The number of amides is 1. The maximum absolute atomic E-state index is 14.0. The molecular formula is C16H14ClF2N3O. The van der Waals surface area contributed by atoms with Crippen molar-refractivity contribution >= 4 is 23.3 Å². The molecule has 1 fully saturated rings. The molecule has 7 heteroatoms. The average molecular weight is 338 g/mol. The van der Waals surface area contributed by atoms with Crippen LogP contribution in [0, 0.1) is 11.6 Å². The predicted molar refractivity (Wildman–Crippen MR) is 83.7 cm³/mol. The van der Waals surface area contributed by atoms with Crippen LogP contribution in [0.3, 0.4) is 0 Å². The molecule has 2 heterocycles. The number of carbonyl (C=O) groups excluding carboxylic acids is 1. The topological polar surface area (TPSA) is 36.4 Å². The molecule has 0 spiro atoms. The van der Waals surface area contributed by atoms with E-state index in [4.69, 9.17) is 11.6 Å². The Kier molecular flexibility index (Phi) is 4.43. The summed E-state index contributed by atoms with van der Waals surface area (Å²) in [5, 5.41) is -0.0648. The molecule has 0 radical (unpaired) electrons. The summed E-state index contributed by atoms with van der Waals surface area (Å²) in [6.45, 7) is 1.97. The maximum atomic E-state index is 14.0. The van der Waals surface area contributed by atoms with Crippen molar-refractivity contribution < 1.29 is 13.6 Å². The van der Waals surface area contributed by atoms with Gasteiger partial charge in [0.1, 0.15) is 11.6 Å². The Morgan fingerprint density at radius 3 is 2.48 bits per heavy atom. The summed E-state index contributed by atoms with van der Waals surface area (Å²) in [6, 6.07) is 7.34. The van der Waals surface area contributed by atoms with Gasteiger partial charge in [0.2, 0.25) is 0 Å². The van der Waals surface area contributed by atoms with Gasteiger partial charge in [0.25, 0.3) is 5.91 Å². The number of benzene rings is 1. The Morgan fingerprint density at radius 1 is 1.09 bits per heavy atom. The molecular weight excluding hydrogens is 324 g/mol. The van der Waals surface area contributed by atoms with Gasteiger partial charge in [-0.3, -0.25) is 4.79 Å². The lowest BCUT2D eigenvalue weighted by Crippen LogP contribution is -2.49. The lowest BCUT2D eigenvalue weighted by atomic mass is 10.1. The fourth-order valence-corrected chi connectivity index (χ4v) is 2.71. The zero-order chi connectivity index (χ0) is 16.4. The minimum Gasteiger partial charge on any atom is -0.353 e. The minimum absolute atomic E-state index is 0.0224. The van der Waals surface area contributed by atoms with E-state index in [1.807, 2.05) is 4.90 Å². The summed E-state index contributed by atoms with van der Waals surface area (Å²) in [5.74, 6) is -0.801. The summed E-state index contributed by atoms with van der Waals surface area (Å²) < 4.78 is 26.9. The molecule has 23 heavy (non-hydrogen) atoms. The van der Waals surface area contributed by atoms with Crippen molar-refractivity contribution in [2.24, 2.45) is 0 Å². The zero-order valence-corrected chi connectivity index (χ0v) is 12.9. The lowest BCUT2D eigenvalue weighted by molar-refractivity contribution is 0.0742. The molecule has 0 aliphatic carbocycles. The normalized spacial score (nSPS) is 14.9. The molecule has 0 unspecified atom stereocenters. The zero-order valence-electron chi connectivity index (χ0n) is 12.2. The number of rotatable bonds is 2. The first kappa shape index (κ1) is 15.7. The van der Waals surface area contributed by atoms with Gasteiger partial charge in [-0.15, -0.1) is 0 Å². The van der Waals surface area contributed by atoms with Crippen molar-refractivity contribution in [3.05, 3.63) is 58.7 Å². The fourth-order valence-electron chi connectivity index (χ4n) is 2.53. The van der Waals surface area contributed by atoms with Gasteiger partial charge in [0.15, 0.2) is 5.82 Å².